The first kappa shape index (κ1) is 62.0. The van der Waals surface area contributed by atoms with Crippen LogP contribution >= 0.6 is 34.7 Å². The standard InChI is InChI=1S/C43H36ClN11O20S8/c1-19-11-29(51-53-36-20(2)24(18-45)41-47-37-31(55(41)42(36)56)6-5-25(44)40(37)83(72,73)74)32(75-7-3-9-78(57,58)59)16-27(19)49-52-30-15-26(46)28(17-33(30)76-8-4-10-79(60,61)62)50-54-43-48-38-35(82(69,70)71)14-22-23(39(38)77-43)12-21(80(63,64)65)13-34(22)81(66,67)68/h5-6,11-17,56H,3-4,7-10,46H2,1-2H3,(H,57,58,59)(H,60,61,62)(H,63,64,65)(H,66,67,68)(H,69,70,71)(H,72,73,74). The molecule has 0 fully saturated rings. The van der Waals surface area contributed by atoms with Gasteiger partial charge in [-0.3, -0.25) is 31.7 Å². The number of aromatic hydroxyl groups is 1. The Morgan fingerprint density at radius 1 is 0.699 bits per heavy atom. The van der Waals surface area contributed by atoms with E-state index >= 15 is 0 Å². The van der Waals surface area contributed by atoms with Crippen LogP contribution in [-0.4, -0.2) is 121 Å². The maximum Gasteiger partial charge on any atom is 0.298 e. The van der Waals surface area contributed by atoms with Crippen molar-refractivity contribution in [3.05, 3.63) is 76.3 Å². The number of rotatable bonds is 20. The lowest BCUT2D eigenvalue weighted by Crippen LogP contribution is -2.08. The number of aryl methyl sites for hydroxylation is 1. The van der Waals surface area contributed by atoms with Gasteiger partial charge >= 0.3 is 0 Å². The molecule has 9 N–H and O–H groups in total. The molecule has 0 atom stereocenters. The highest BCUT2D eigenvalue weighted by Gasteiger charge is 2.29. The van der Waals surface area contributed by atoms with E-state index in [4.69, 9.17) is 22.1 Å². The quantitative estimate of drug-likeness (QED) is 0.0116. The number of thiazole rings is 1. The highest BCUT2D eigenvalue weighted by atomic mass is 35.5. The molecule has 3 heterocycles. The molecule has 8 aromatic rings. The van der Waals surface area contributed by atoms with Gasteiger partial charge in [0.25, 0.3) is 60.7 Å². The number of fused-ring (bicyclic) bond motifs is 6. The summed E-state index contributed by atoms with van der Waals surface area (Å²) in [6.07, 6.45) is -0.349. The van der Waals surface area contributed by atoms with Crippen molar-refractivity contribution in [1.29, 1.82) is 5.26 Å². The summed E-state index contributed by atoms with van der Waals surface area (Å²) in [7, 11) is -29.6. The zero-order valence-electron chi connectivity index (χ0n) is 41.6. The molecule has 31 nitrogen and oxygen atoms in total. The zero-order chi connectivity index (χ0) is 61.1. The number of hydrogen-bond acceptors (Lipinski definition) is 26. The van der Waals surface area contributed by atoms with Crippen molar-refractivity contribution in [1.82, 2.24) is 14.4 Å². The third kappa shape index (κ3) is 13.7. The number of imidazole rings is 1. The second-order valence-corrected chi connectivity index (χ2v) is 28.6. The molecule has 0 radical (unpaired) electrons. The van der Waals surface area contributed by atoms with Crippen LogP contribution in [-0.2, 0) is 60.7 Å². The molecule has 0 saturated heterocycles. The summed E-state index contributed by atoms with van der Waals surface area (Å²) in [4.78, 5) is 4.51. The van der Waals surface area contributed by atoms with E-state index < -0.39 is 124 Å². The van der Waals surface area contributed by atoms with Gasteiger partial charge in [-0.15, -0.1) is 37.3 Å². The van der Waals surface area contributed by atoms with Crippen molar-refractivity contribution in [2.24, 2.45) is 30.7 Å². The van der Waals surface area contributed by atoms with Gasteiger partial charge in [0, 0.05) is 27.3 Å². The lowest BCUT2D eigenvalue weighted by atomic mass is 10.1. The first-order chi connectivity index (χ1) is 38.4. The van der Waals surface area contributed by atoms with E-state index in [9.17, 15) is 88.2 Å². The van der Waals surface area contributed by atoms with Crippen LogP contribution in [0.3, 0.4) is 0 Å². The molecule has 0 unspecified atom stereocenters. The summed E-state index contributed by atoms with van der Waals surface area (Å²) in [6.45, 7) is 2.57. The van der Waals surface area contributed by atoms with E-state index in [0.717, 1.165) is 28.3 Å². The fraction of sp³-hybridized carbons (Fsp3) is 0.186. The van der Waals surface area contributed by atoms with Gasteiger partial charge < -0.3 is 15.6 Å². The lowest BCUT2D eigenvalue weighted by molar-refractivity contribution is 0.317. The van der Waals surface area contributed by atoms with Crippen LogP contribution in [0.25, 0.3) is 37.7 Å². The molecule has 438 valence electrons. The summed E-state index contributed by atoms with van der Waals surface area (Å²) in [5, 5.41) is 45.3. The molecule has 0 spiro atoms. The Hall–Kier alpha value is -7.01. The van der Waals surface area contributed by atoms with Crippen LogP contribution in [0.15, 0.2) is 110 Å². The van der Waals surface area contributed by atoms with Gasteiger partial charge in [-0.1, -0.05) is 22.9 Å². The monoisotopic (exact) mass is 1320 g/mol. The molecule has 0 aliphatic carbocycles. The largest absolute Gasteiger partial charge is 0.493 e. The fourth-order valence-corrected chi connectivity index (χ4v) is 14.2. The van der Waals surface area contributed by atoms with Gasteiger partial charge in [-0.25, -0.2) is 9.97 Å². The smallest absolute Gasteiger partial charge is 0.298 e. The minimum atomic E-state index is -5.33. The predicted octanol–water partition coefficient (Wildman–Crippen LogP) is 8.94. The van der Waals surface area contributed by atoms with Gasteiger partial charge in [0.15, 0.2) is 11.3 Å². The lowest BCUT2D eigenvalue weighted by Gasteiger charge is -2.12. The highest BCUT2D eigenvalue weighted by molar-refractivity contribution is 7.99. The number of azo groups is 3. The first-order valence-corrected chi connectivity index (χ1v) is 33.7. The van der Waals surface area contributed by atoms with Gasteiger partial charge in [0.05, 0.1) is 49.6 Å². The number of aromatic nitrogens is 3. The minimum absolute atomic E-state index is 0.00490. The van der Waals surface area contributed by atoms with E-state index in [-0.39, 0.29) is 102 Å². The molecule has 0 aliphatic heterocycles. The Bertz CT molecular complexity index is 4950. The summed E-state index contributed by atoms with van der Waals surface area (Å²) in [5.41, 5.74) is 4.57. The molecule has 8 rings (SSSR count). The Morgan fingerprint density at radius 2 is 1.34 bits per heavy atom. The zero-order valence-corrected chi connectivity index (χ0v) is 48.9. The number of nitrogens with zero attached hydrogens (tertiary/aromatic N) is 10. The number of nitriles is 1. The third-order valence-corrected chi connectivity index (χ3v) is 19.2. The number of ether oxygens (including phenoxy) is 1. The minimum Gasteiger partial charge on any atom is -0.493 e. The molecule has 0 bridgehead atoms. The van der Waals surface area contributed by atoms with Crippen molar-refractivity contribution >= 4 is 172 Å². The Balaban J connectivity index is 1.20. The molecule has 83 heavy (non-hydrogen) atoms. The van der Waals surface area contributed by atoms with Crippen molar-refractivity contribution in [2.75, 3.05) is 29.6 Å². The number of nitrogen functional groups attached to an aromatic ring is 1. The predicted molar refractivity (Wildman–Crippen MR) is 298 cm³/mol. The van der Waals surface area contributed by atoms with Crippen molar-refractivity contribution in [3.63, 3.8) is 0 Å². The molecule has 0 saturated carbocycles. The molecule has 3 aromatic heterocycles. The maximum absolute atomic E-state index is 12.6. The second-order valence-electron chi connectivity index (χ2n) is 17.3. The summed E-state index contributed by atoms with van der Waals surface area (Å²) >= 11 is 7.58. The Labute approximate surface area is 481 Å². The number of pyridine rings is 1. The SMILES string of the molecule is Cc1cc(N=Nc2c(C)c(C#N)c3nc4c(S(=O)(=O)O)c(Cl)ccc4n3c2O)c(OCCCS(=O)(=O)O)cc1N=Nc1cc(N)c(N=Nc2nc3c(S(=O)(=O)O)cc4c(S(=O)(=O)O)cc(S(=O)(=O)O)cc4c3s2)cc1SCCCS(=O)(=O)O. The highest BCUT2D eigenvalue weighted by Crippen LogP contribution is 2.46. The van der Waals surface area contributed by atoms with Crippen molar-refractivity contribution < 1.29 is 87.7 Å². The Kier molecular flexibility index (Phi) is 17.1. The van der Waals surface area contributed by atoms with Gasteiger partial charge in [0.2, 0.25) is 11.0 Å². The first-order valence-electron chi connectivity index (χ1n) is 22.5. The number of nitrogens with two attached hydrogens (primary N) is 1. The summed E-state index contributed by atoms with van der Waals surface area (Å²) in [6, 6.07) is 11.3. The average Bonchev–Trinajstić information content (AvgIpc) is 3.28. The maximum atomic E-state index is 12.6. The van der Waals surface area contributed by atoms with Crippen LogP contribution in [0.5, 0.6) is 11.6 Å². The Morgan fingerprint density at radius 3 is 1.96 bits per heavy atom. The topological polar surface area (TPSA) is 510 Å². The van der Waals surface area contributed by atoms with E-state index in [1.165, 1.54) is 37.3 Å². The number of benzene rings is 5. The third-order valence-electron chi connectivity index (χ3n) is 11.6. The molecule has 0 amide bonds. The van der Waals surface area contributed by atoms with Crippen molar-refractivity contribution in [3.8, 4) is 17.7 Å². The number of anilines is 1. The fourth-order valence-electron chi connectivity index (χ4n) is 7.91. The number of hydrogen-bond donors (Lipinski definition) is 8. The van der Waals surface area contributed by atoms with E-state index in [1.54, 1.807) is 6.92 Å². The van der Waals surface area contributed by atoms with Crippen molar-refractivity contribution in [2.45, 2.75) is 51.2 Å². The summed E-state index contributed by atoms with van der Waals surface area (Å²) < 4.78 is 210. The average molecular weight is 1320 g/mol. The number of halogens is 1. The van der Waals surface area contributed by atoms with Crippen LogP contribution in [0.1, 0.15) is 29.5 Å². The van der Waals surface area contributed by atoms with E-state index in [1.807, 2.05) is 6.07 Å². The molecule has 40 heteroatoms. The van der Waals surface area contributed by atoms with Gasteiger partial charge in [-0.05, 0) is 86.5 Å². The molecular formula is C43H36ClN11O20S8. The van der Waals surface area contributed by atoms with Crippen LogP contribution in [0.4, 0.5) is 39.3 Å². The molecule has 0 aliphatic rings. The van der Waals surface area contributed by atoms with Gasteiger partial charge in [-0.2, -0.15) is 60.9 Å². The second kappa shape index (κ2) is 22.9. The summed E-state index contributed by atoms with van der Waals surface area (Å²) in [5.74, 6) is -2.18. The molecule has 5 aromatic carbocycles. The van der Waals surface area contributed by atoms with Crippen LogP contribution in [0, 0.1) is 25.2 Å². The van der Waals surface area contributed by atoms with E-state index in [2.05, 4.69) is 40.7 Å². The van der Waals surface area contributed by atoms with E-state index in [0.29, 0.717) is 29.0 Å². The van der Waals surface area contributed by atoms with Gasteiger partial charge in [0.1, 0.15) is 60.2 Å². The van der Waals surface area contributed by atoms with Crippen LogP contribution < -0.4 is 10.5 Å². The normalized spacial score (nSPS) is 13.3. The van der Waals surface area contributed by atoms with Crippen LogP contribution in [0.2, 0.25) is 5.02 Å². The number of thioether (sulfide) groups is 1. The molecular weight excluding hydrogens is 1280 g/mol.